The largest absolute Gasteiger partial charge is 0.381 e. The summed E-state index contributed by atoms with van der Waals surface area (Å²) >= 11 is 0. The molecule has 2 aromatic rings. The molecule has 2 aliphatic rings. The van der Waals surface area contributed by atoms with E-state index in [4.69, 9.17) is 9.47 Å². The molecule has 216 valence electrons. The van der Waals surface area contributed by atoms with Crippen LogP contribution in [0.1, 0.15) is 96.8 Å². The maximum absolute atomic E-state index is 5.76. The SMILES string of the molecule is CCN(c1cccc(C(C)(C)CCCN(c2cccc(C(C)(C)C)c2C)C2CCOCC2)c1)C1CCOCC1. The summed E-state index contributed by atoms with van der Waals surface area (Å²) in [5.41, 5.74) is 7.40. The minimum Gasteiger partial charge on any atom is -0.381 e. The van der Waals surface area contributed by atoms with Crippen LogP contribution in [-0.4, -0.2) is 51.6 Å². The molecule has 0 bridgehead atoms. The summed E-state index contributed by atoms with van der Waals surface area (Å²) in [5.74, 6) is 0. The number of ether oxygens (including phenoxy) is 2. The Kier molecular flexibility index (Phi) is 10.0. The smallest absolute Gasteiger partial charge is 0.0485 e. The fourth-order valence-electron chi connectivity index (χ4n) is 6.83. The highest BCUT2D eigenvalue weighted by molar-refractivity contribution is 5.58. The molecule has 0 unspecified atom stereocenters. The molecule has 0 aliphatic carbocycles. The van der Waals surface area contributed by atoms with Crippen molar-refractivity contribution in [2.75, 3.05) is 49.3 Å². The molecule has 2 saturated heterocycles. The number of rotatable bonds is 10. The minimum absolute atomic E-state index is 0.120. The maximum atomic E-state index is 5.76. The van der Waals surface area contributed by atoms with Crippen molar-refractivity contribution < 1.29 is 9.47 Å². The number of benzene rings is 2. The van der Waals surface area contributed by atoms with Gasteiger partial charge >= 0.3 is 0 Å². The van der Waals surface area contributed by atoms with Gasteiger partial charge in [0.1, 0.15) is 0 Å². The minimum atomic E-state index is 0.120. The van der Waals surface area contributed by atoms with Gasteiger partial charge < -0.3 is 19.3 Å². The summed E-state index contributed by atoms with van der Waals surface area (Å²) in [4.78, 5) is 5.32. The van der Waals surface area contributed by atoms with Gasteiger partial charge in [-0.25, -0.2) is 0 Å². The molecule has 0 saturated carbocycles. The zero-order valence-corrected chi connectivity index (χ0v) is 25.9. The molecule has 2 fully saturated rings. The Balaban J connectivity index is 1.50. The lowest BCUT2D eigenvalue weighted by molar-refractivity contribution is 0.0842. The summed E-state index contributed by atoms with van der Waals surface area (Å²) in [7, 11) is 0. The zero-order valence-electron chi connectivity index (χ0n) is 25.9. The van der Waals surface area contributed by atoms with Crippen molar-refractivity contribution in [3.63, 3.8) is 0 Å². The molecule has 0 atom stereocenters. The fraction of sp³-hybridized carbons (Fsp3) is 0.657. The van der Waals surface area contributed by atoms with E-state index < -0.39 is 0 Å². The van der Waals surface area contributed by atoms with Crippen LogP contribution in [0.15, 0.2) is 42.5 Å². The van der Waals surface area contributed by atoms with Crippen molar-refractivity contribution >= 4 is 11.4 Å². The van der Waals surface area contributed by atoms with E-state index in [-0.39, 0.29) is 10.8 Å². The van der Waals surface area contributed by atoms with Crippen molar-refractivity contribution in [1.82, 2.24) is 0 Å². The molecule has 0 radical (unpaired) electrons. The molecule has 2 aliphatic heterocycles. The highest BCUT2D eigenvalue weighted by atomic mass is 16.5. The Morgan fingerprint density at radius 1 is 0.795 bits per heavy atom. The van der Waals surface area contributed by atoms with Crippen LogP contribution in [0.3, 0.4) is 0 Å². The second-order valence-corrected chi connectivity index (χ2v) is 13.4. The van der Waals surface area contributed by atoms with Crippen molar-refractivity contribution in [3.05, 3.63) is 59.2 Å². The molecule has 4 heteroatoms. The molecule has 0 amide bonds. The van der Waals surface area contributed by atoms with Crippen LogP contribution in [0.4, 0.5) is 11.4 Å². The average molecular weight is 535 g/mol. The first kappa shape index (κ1) is 29.9. The lowest BCUT2D eigenvalue weighted by Gasteiger charge is -2.39. The summed E-state index contributed by atoms with van der Waals surface area (Å²) in [6.07, 6.45) is 6.81. The number of nitrogens with zero attached hydrogens (tertiary/aromatic N) is 2. The van der Waals surface area contributed by atoms with E-state index in [0.29, 0.717) is 12.1 Å². The van der Waals surface area contributed by atoms with Gasteiger partial charge in [0.2, 0.25) is 0 Å². The molecule has 0 N–H and O–H groups in total. The first-order chi connectivity index (χ1) is 18.6. The Labute approximate surface area is 239 Å². The van der Waals surface area contributed by atoms with E-state index in [1.165, 1.54) is 34.5 Å². The second-order valence-electron chi connectivity index (χ2n) is 13.4. The quantitative estimate of drug-likeness (QED) is 0.308. The number of hydrogen-bond acceptors (Lipinski definition) is 4. The molecular weight excluding hydrogens is 480 g/mol. The van der Waals surface area contributed by atoms with Crippen molar-refractivity contribution in [3.8, 4) is 0 Å². The van der Waals surface area contributed by atoms with Crippen LogP contribution >= 0.6 is 0 Å². The van der Waals surface area contributed by atoms with E-state index in [0.717, 1.165) is 71.6 Å². The van der Waals surface area contributed by atoms with Gasteiger partial charge in [0, 0.05) is 63.0 Å². The van der Waals surface area contributed by atoms with Crippen LogP contribution in [0.5, 0.6) is 0 Å². The second kappa shape index (κ2) is 13.1. The standard InChI is InChI=1S/C35H54N2O2/c1-8-36(29-16-22-38-23-17-29)31-13-9-12-28(26-31)35(6,7)20-11-21-37(30-18-24-39-25-19-30)33-15-10-14-32(27(33)2)34(3,4)5/h9-10,12-15,26,29-30H,8,11,16-25H2,1-7H3. The Hall–Kier alpha value is -2.04. The van der Waals surface area contributed by atoms with E-state index in [1.54, 1.807) is 0 Å². The van der Waals surface area contributed by atoms with Crippen LogP contribution in [-0.2, 0) is 20.3 Å². The highest BCUT2D eigenvalue weighted by Gasteiger charge is 2.28. The van der Waals surface area contributed by atoms with Gasteiger partial charge in [0.05, 0.1) is 0 Å². The van der Waals surface area contributed by atoms with E-state index in [9.17, 15) is 0 Å². The lowest BCUT2D eigenvalue weighted by Crippen LogP contribution is -2.41. The van der Waals surface area contributed by atoms with Crippen molar-refractivity contribution in [2.45, 2.75) is 110 Å². The summed E-state index contributed by atoms with van der Waals surface area (Å²) in [5, 5.41) is 0. The molecular formula is C35H54N2O2. The first-order valence-corrected chi connectivity index (χ1v) is 15.5. The topological polar surface area (TPSA) is 24.9 Å². The Bertz CT molecular complexity index is 1040. The molecule has 2 aromatic carbocycles. The lowest BCUT2D eigenvalue weighted by atomic mass is 9.80. The monoisotopic (exact) mass is 534 g/mol. The Morgan fingerprint density at radius 2 is 1.38 bits per heavy atom. The third-order valence-corrected chi connectivity index (χ3v) is 9.19. The Morgan fingerprint density at radius 3 is 1.97 bits per heavy atom. The summed E-state index contributed by atoms with van der Waals surface area (Å²) < 4.78 is 11.4. The van der Waals surface area contributed by atoms with E-state index >= 15 is 0 Å². The van der Waals surface area contributed by atoms with Gasteiger partial charge in [0.25, 0.3) is 0 Å². The van der Waals surface area contributed by atoms with Crippen molar-refractivity contribution in [1.29, 1.82) is 0 Å². The fourth-order valence-corrected chi connectivity index (χ4v) is 6.83. The predicted octanol–water partition coefficient (Wildman–Crippen LogP) is 8.04. The van der Waals surface area contributed by atoms with Gasteiger partial charge in [-0.3, -0.25) is 0 Å². The molecule has 39 heavy (non-hydrogen) atoms. The van der Waals surface area contributed by atoms with Gasteiger partial charge in [-0.1, -0.05) is 58.9 Å². The van der Waals surface area contributed by atoms with Crippen LogP contribution in [0.25, 0.3) is 0 Å². The zero-order chi connectivity index (χ0) is 28.0. The molecule has 0 aromatic heterocycles. The summed E-state index contributed by atoms with van der Waals surface area (Å²) in [6, 6.07) is 17.4. The number of anilines is 2. The molecule has 0 spiro atoms. The molecule has 4 rings (SSSR count). The molecule has 2 heterocycles. The maximum Gasteiger partial charge on any atom is 0.0485 e. The van der Waals surface area contributed by atoms with Gasteiger partial charge in [-0.15, -0.1) is 0 Å². The predicted molar refractivity (Wildman–Crippen MR) is 167 cm³/mol. The van der Waals surface area contributed by atoms with Crippen molar-refractivity contribution in [2.24, 2.45) is 0 Å². The third kappa shape index (κ3) is 7.38. The van der Waals surface area contributed by atoms with Crippen LogP contribution in [0, 0.1) is 6.92 Å². The van der Waals surface area contributed by atoms with Gasteiger partial charge in [-0.2, -0.15) is 0 Å². The van der Waals surface area contributed by atoms with E-state index in [2.05, 4.69) is 101 Å². The van der Waals surface area contributed by atoms with Crippen LogP contribution in [0.2, 0.25) is 0 Å². The van der Waals surface area contributed by atoms with Crippen LogP contribution < -0.4 is 9.80 Å². The third-order valence-electron chi connectivity index (χ3n) is 9.19. The number of hydrogen-bond donors (Lipinski definition) is 0. The van der Waals surface area contributed by atoms with Gasteiger partial charge in [0.15, 0.2) is 0 Å². The normalized spacial score (nSPS) is 17.8. The van der Waals surface area contributed by atoms with E-state index in [1.807, 2.05) is 0 Å². The average Bonchev–Trinajstić information content (AvgIpc) is 2.93. The summed E-state index contributed by atoms with van der Waals surface area (Å²) in [6.45, 7) is 22.1. The highest BCUT2D eigenvalue weighted by Crippen LogP contribution is 2.36. The molecule has 4 nitrogen and oxygen atoms in total. The van der Waals surface area contributed by atoms with Gasteiger partial charge in [-0.05, 0) is 98.1 Å². The first-order valence-electron chi connectivity index (χ1n) is 15.5.